The highest BCUT2D eigenvalue weighted by Crippen LogP contribution is 2.28. The highest BCUT2D eigenvalue weighted by Gasteiger charge is 2.14. The van der Waals surface area contributed by atoms with Gasteiger partial charge >= 0.3 is 5.97 Å². The number of non-ortho nitro benzene ring substituents is 1. The smallest absolute Gasteiger partial charge is 0.343 e. The van der Waals surface area contributed by atoms with E-state index in [9.17, 15) is 19.7 Å². The van der Waals surface area contributed by atoms with E-state index in [0.29, 0.717) is 33.8 Å². The summed E-state index contributed by atoms with van der Waals surface area (Å²) in [5.74, 6) is -0.277. The number of amides is 1. The second kappa shape index (κ2) is 11.2. The Morgan fingerprint density at radius 1 is 1.09 bits per heavy atom. The number of carbonyl (C=O) groups excluding carboxylic acids is 2. The van der Waals surface area contributed by atoms with Crippen LogP contribution in [0, 0.1) is 24.0 Å². The van der Waals surface area contributed by atoms with Crippen LogP contribution in [-0.2, 0) is 4.79 Å². The van der Waals surface area contributed by atoms with Crippen molar-refractivity contribution in [2.24, 2.45) is 5.10 Å². The summed E-state index contributed by atoms with van der Waals surface area (Å²) in [7, 11) is 0. The van der Waals surface area contributed by atoms with Gasteiger partial charge in [-0.1, -0.05) is 34.1 Å². The summed E-state index contributed by atoms with van der Waals surface area (Å²) in [6, 6.07) is 16.3. The van der Waals surface area contributed by atoms with Crippen LogP contribution in [0.4, 0.5) is 5.69 Å². The fourth-order valence-corrected chi connectivity index (χ4v) is 3.45. The SMILES string of the molecule is Cc1cc([N+](=O)[O-])cc(C)c1OCC(=O)NN=Cc1cccc(OC(=O)c2cccc(Br)c2)c1. The van der Waals surface area contributed by atoms with Crippen LogP contribution in [0.25, 0.3) is 0 Å². The van der Waals surface area contributed by atoms with E-state index in [1.165, 1.54) is 18.3 Å². The molecule has 0 saturated carbocycles. The van der Waals surface area contributed by atoms with Gasteiger partial charge in [-0.2, -0.15) is 5.10 Å². The van der Waals surface area contributed by atoms with Crippen molar-refractivity contribution in [3.8, 4) is 11.5 Å². The number of aryl methyl sites for hydroxylation is 2. The second-order valence-corrected chi connectivity index (χ2v) is 8.14. The largest absolute Gasteiger partial charge is 0.483 e. The number of hydrogen-bond donors (Lipinski definition) is 1. The summed E-state index contributed by atoms with van der Waals surface area (Å²) in [5, 5.41) is 14.8. The molecular formula is C24H20BrN3O6. The second-order valence-electron chi connectivity index (χ2n) is 7.22. The zero-order chi connectivity index (χ0) is 24.7. The average Bonchev–Trinajstić information content (AvgIpc) is 2.78. The third-order valence-electron chi connectivity index (χ3n) is 4.54. The van der Waals surface area contributed by atoms with Gasteiger partial charge in [0.05, 0.1) is 16.7 Å². The number of hydrazone groups is 1. The van der Waals surface area contributed by atoms with E-state index in [2.05, 4.69) is 26.5 Å². The quantitative estimate of drug-likeness (QED) is 0.149. The number of nitro benzene ring substituents is 1. The summed E-state index contributed by atoms with van der Waals surface area (Å²) in [5.41, 5.74) is 4.41. The van der Waals surface area contributed by atoms with Gasteiger partial charge in [-0.15, -0.1) is 0 Å². The topological polar surface area (TPSA) is 120 Å². The van der Waals surface area contributed by atoms with Crippen molar-refractivity contribution in [1.29, 1.82) is 0 Å². The first kappa shape index (κ1) is 24.6. The molecule has 34 heavy (non-hydrogen) atoms. The van der Waals surface area contributed by atoms with Crippen molar-refractivity contribution in [2.45, 2.75) is 13.8 Å². The van der Waals surface area contributed by atoms with Gasteiger partial charge in [0, 0.05) is 16.6 Å². The zero-order valence-corrected chi connectivity index (χ0v) is 19.9. The molecule has 0 unspecified atom stereocenters. The Bertz CT molecular complexity index is 1250. The molecule has 1 N–H and O–H groups in total. The van der Waals surface area contributed by atoms with E-state index >= 15 is 0 Å². The Hall–Kier alpha value is -4.05. The molecule has 0 atom stereocenters. The molecule has 0 spiro atoms. The van der Waals surface area contributed by atoms with Gasteiger partial charge < -0.3 is 9.47 Å². The number of carbonyl (C=O) groups is 2. The number of nitrogens with one attached hydrogen (secondary N) is 1. The maximum atomic E-state index is 12.3. The molecule has 10 heteroatoms. The average molecular weight is 526 g/mol. The molecule has 0 radical (unpaired) electrons. The van der Waals surface area contributed by atoms with Gasteiger partial charge in [-0.25, -0.2) is 10.2 Å². The summed E-state index contributed by atoms with van der Waals surface area (Å²) in [6.45, 7) is 3.02. The zero-order valence-electron chi connectivity index (χ0n) is 18.3. The Morgan fingerprint density at radius 3 is 2.47 bits per heavy atom. The molecule has 1 amide bonds. The van der Waals surface area contributed by atoms with Gasteiger partial charge in [0.25, 0.3) is 11.6 Å². The molecule has 0 aromatic heterocycles. The number of nitro groups is 1. The van der Waals surface area contributed by atoms with Crippen molar-refractivity contribution in [3.63, 3.8) is 0 Å². The van der Waals surface area contributed by atoms with Gasteiger partial charge in [0.1, 0.15) is 11.5 Å². The van der Waals surface area contributed by atoms with Crippen LogP contribution < -0.4 is 14.9 Å². The molecule has 3 aromatic carbocycles. The predicted molar refractivity (Wildman–Crippen MR) is 129 cm³/mol. The number of hydrogen-bond acceptors (Lipinski definition) is 7. The van der Waals surface area contributed by atoms with Crippen molar-refractivity contribution >= 4 is 39.7 Å². The number of ether oxygens (including phenoxy) is 2. The minimum absolute atomic E-state index is 0.0408. The minimum Gasteiger partial charge on any atom is -0.483 e. The Labute approximate surface area is 203 Å². The van der Waals surface area contributed by atoms with E-state index in [1.807, 2.05) is 0 Å². The van der Waals surface area contributed by atoms with Crippen LogP contribution in [0.5, 0.6) is 11.5 Å². The number of halogens is 1. The fourth-order valence-electron chi connectivity index (χ4n) is 3.05. The lowest BCUT2D eigenvalue weighted by Crippen LogP contribution is -2.25. The van der Waals surface area contributed by atoms with E-state index in [0.717, 1.165) is 4.47 Å². The summed E-state index contributed by atoms with van der Waals surface area (Å²) in [4.78, 5) is 34.8. The molecule has 0 saturated heterocycles. The highest BCUT2D eigenvalue weighted by atomic mass is 79.9. The van der Waals surface area contributed by atoms with Crippen LogP contribution >= 0.6 is 15.9 Å². The molecule has 174 valence electrons. The van der Waals surface area contributed by atoms with E-state index < -0.39 is 16.8 Å². The highest BCUT2D eigenvalue weighted by molar-refractivity contribution is 9.10. The van der Waals surface area contributed by atoms with Crippen molar-refractivity contribution in [1.82, 2.24) is 5.43 Å². The van der Waals surface area contributed by atoms with E-state index in [-0.39, 0.29) is 12.3 Å². The first-order valence-electron chi connectivity index (χ1n) is 10.0. The third kappa shape index (κ3) is 6.72. The van der Waals surface area contributed by atoms with E-state index in [4.69, 9.17) is 9.47 Å². The van der Waals surface area contributed by atoms with Crippen LogP contribution in [0.3, 0.4) is 0 Å². The van der Waals surface area contributed by atoms with Crippen LogP contribution in [0.2, 0.25) is 0 Å². The normalized spacial score (nSPS) is 10.7. The molecule has 0 aliphatic carbocycles. The van der Waals surface area contributed by atoms with Crippen LogP contribution in [0.15, 0.2) is 70.2 Å². The Morgan fingerprint density at radius 2 is 1.79 bits per heavy atom. The monoisotopic (exact) mass is 525 g/mol. The van der Waals surface area contributed by atoms with Gasteiger partial charge in [0.2, 0.25) is 0 Å². The van der Waals surface area contributed by atoms with Crippen molar-refractivity contribution in [2.75, 3.05) is 6.61 Å². The molecule has 0 fully saturated rings. The number of esters is 1. The first-order valence-corrected chi connectivity index (χ1v) is 10.8. The molecule has 0 aliphatic heterocycles. The Balaban J connectivity index is 1.55. The summed E-state index contributed by atoms with van der Waals surface area (Å²) < 4.78 is 11.7. The predicted octanol–water partition coefficient (Wildman–Crippen LogP) is 4.72. The van der Waals surface area contributed by atoms with Gasteiger partial charge in [-0.05, 0) is 60.9 Å². The molecule has 0 heterocycles. The summed E-state index contributed by atoms with van der Waals surface area (Å²) >= 11 is 3.31. The number of rotatable bonds is 8. The minimum atomic E-state index is -0.509. The third-order valence-corrected chi connectivity index (χ3v) is 5.03. The fraction of sp³-hybridized carbons (Fsp3) is 0.125. The molecule has 0 aliphatic rings. The molecular weight excluding hydrogens is 506 g/mol. The lowest BCUT2D eigenvalue weighted by atomic mass is 10.1. The van der Waals surface area contributed by atoms with E-state index in [1.54, 1.807) is 62.4 Å². The van der Waals surface area contributed by atoms with Crippen molar-refractivity contribution in [3.05, 3.63) is 97.5 Å². The number of benzene rings is 3. The molecule has 0 bridgehead atoms. The number of nitrogens with zero attached hydrogens (tertiary/aromatic N) is 2. The van der Waals surface area contributed by atoms with Crippen LogP contribution in [-0.4, -0.2) is 29.6 Å². The summed E-state index contributed by atoms with van der Waals surface area (Å²) in [6.07, 6.45) is 1.40. The van der Waals surface area contributed by atoms with Crippen LogP contribution in [0.1, 0.15) is 27.0 Å². The first-order chi connectivity index (χ1) is 16.2. The molecule has 3 rings (SSSR count). The van der Waals surface area contributed by atoms with Gasteiger partial charge in [-0.3, -0.25) is 14.9 Å². The maximum absolute atomic E-state index is 12.3. The lowest BCUT2D eigenvalue weighted by molar-refractivity contribution is -0.385. The van der Waals surface area contributed by atoms with Gasteiger partial charge in [0.15, 0.2) is 6.61 Å². The Kier molecular flexibility index (Phi) is 8.10. The standard InChI is InChI=1S/C24H20BrN3O6/c1-15-9-20(28(31)32)10-16(2)23(15)33-14-22(29)27-26-13-17-5-3-8-21(11-17)34-24(30)18-6-4-7-19(25)12-18/h3-13H,14H2,1-2H3,(H,27,29). The maximum Gasteiger partial charge on any atom is 0.343 e. The molecule has 9 nitrogen and oxygen atoms in total. The molecule has 3 aromatic rings. The van der Waals surface area contributed by atoms with Crippen molar-refractivity contribution < 1.29 is 24.0 Å². The lowest BCUT2D eigenvalue weighted by Gasteiger charge is -2.11.